The smallest absolute Gasteiger partial charge is 0.266 e. The van der Waals surface area contributed by atoms with Crippen molar-refractivity contribution in [2.75, 3.05) is 20.3 Å². The third-order valence-corrected chi connectivity index (χ3v) is 7.72. The second kappa shape index (κ2) is 15.7. The molecule has 0 radical (unpaired) electrons. The zero-order valence-corrected chi connectivity index (χ0v) is 25.8. The van der Waals surface area contributed by atoms with Gasteiger partial charge in [0.2, 0.25) is 5.90 Å². The van der Waals surface area contributed by atoms with Crippen LogP contribution in [0.15, 0.2) is 107 Å². The first-order chi connectivity index (χ1) is 23.0. The van der Waals surface area contributed by atoms with E-state index in [1.165, 1.54) is 12.1 Å². The van der Waals surface area contributed by atoms with E-state index in [2.05, 4.69) is 20.9 Å². The molecule has 0 aromatic heterocycles. The first-order valence-electron chi connectivity index (χ1n) is 15.1. The second-order valence-corrected chi connectivity index (χ2v) is 10.8. The lowest BCUT2D eigenvalue weighted by Crippen LogP contribution is -2.53. The molecule has 1 amide bonds. The number of halogens is 1. The third-order valence-electron chi connectivity index (χ3n) is 7.72. The van der Waals surface area contributed by atoms with Crippen molar-refractivity contribution in [3.8, 4) is 11.5 Å². The van der Waals surface area contributed by atoms with Crippen LogP contribution < -0.4 is 20.3 Å². The van der Waals surface area contributed by atoms with Gasteiger partial charge < -0.3 is 19.3 Å². The molecule has 0 saturated carbocycles. The van der Waals surface area contributed by atoms with Crippen molar-refractivity contribution >= 4 is 11.8 Å². The van der Waals surface area contributed by atoms with Gasteiger partial charge in [0.25, 0.3) is 5.91 Å². The van der Waals surface area contributed by atoms with Gasteiger partial charge in [-0.15, -0.1) is 0 Å². The molecule has 1 heterocycles. The van der Waals surface area contributed by atoms with Crippen molar-refractivity contribution in [2.45, 2.75) is 37.6 Å². The zero-order valence-electron chi connectivity index (χ0n) is 25.8. The van der Waals surface area contributed by atoms with E-state index in [4.69, 9.17) is 29.8 Å². The molecule has 4 aromatic rings. The van der Waals surface area contributed by atoms with Gasteiger partial charge in [-0.25, -0.2) is 14.8 Å². The Morgan fingerprint density at radius 3 is 2.53 bits per heavy atom. The van der Waals surface area contributed by atoms with Gasteiger partial charge in [0.05, 0.1) is 20.3 Å². The fourth-order valence-electron chi connectivity index (χ4n) is 5.31. The number of hydrogen-bond donors (Lipinski definition) is 3. The van der Waals surface area contributed by atoms with E-state index in [1.807, 2.05) is 36.4 Å². The Morgan fingerprint density at radius 1 is 1.04 bits per heavy atom. The minimum absolute atomic E-state index is 0.0310. The number of benzene rings is 4. The molecule has 242 valence electrons. The maximum absolute atomic E-state index is 14.5. The van der Waals surface area contributed by atoms with Crippen molar-refractivity contribution in [2.24, 2.45) is 10.1 Å². The largest absolute Gasteiger partial charge is 0.497 e. The summed E-state index contributed by atoms with van der Waals surface area (Å²) in [5.74, 6) is 0.625. The quantitative estimate of drug-likeness (QED) is 0.0498. The van der Waals surface area contributed by atoms with Crippen molar-refractivity contribution in [1.29, 1.82) is 0 Å². The Bertz CT molecular complexity index is 1740. The van der Waals surface area contributed by atoms with Crippen molar-refractivity contribution in [3.05, 3.63) is 141 Å². The number of amides is 1. The summed E-state index contributed by atoms with van der Waals surface area (Å²) >= 11 is 0. The molecule has 5 rings (SSSR count). The van der Waals surface area contributed by atoms with Gasteiger partial charge in [-0.05, 0) is 76.3 Å². The second-order valence-electron chi connectivity index (χ2n) is 10.8. The summed E-state index contributed by atoms with van der Waals surface area (Å²) in [6.07, 6.45) is -0.288. The number of aliphatic hydroxyl groups excluding tert-OH is 1. The van der Waals surface area contributed by atoms with Crippen LogP contribution in [0.3, 0.4) is 0 Å². The number of aliphatic hydroxyl groups is 1. The minimum Gasteiger partial charge on any atom is -0.497 e. The minimum atomic E-state index is -1.54. The average molecular weight is 639 g/mol. The lowest BCUT2D eigenvalue weighted by atomic mass is 9.81. The average Bonchev–Trinajstić information content (AvgIpc) is 3.49. The van der Waals surface area contributed by atoms with Gasteiger partial charge in [-0.1, -0.05) is 53.6 Å². The number of ether oxygens (including phenoxy) is 3. The fraction of sp³-hybridized carbons (Fsp3) is 0.257. The van der Waals surface area contributed by atoms with Crippen LogP contribution in [-0.4, -0.2) is 42.8 Å². The summed E-state index contributed by atoms with van der Waals surface area (Å²) in [6.45, 7) is 0.721. The molecule has 4 aromatic carbocycles. The van der Waals surface area contributed by atoms with Gasteiger partial charge in [-0.3, -0.25) is 10.2 Å². The summed E-state index contributed by atoms with van der Waals surface area (Å²) in [4.78, 5) is 22.4. The maximum Gasteiger partial charge on any atom is 0.266 e. The SMILES string of the molecule is COc1cccc([C@@H]2OC(c3ccc(OCCCO)cc3)=N[C@]2(Cc2ccccc2CN=[N+]=[N-])C(=O)NNCc2ccc(F)cc2)c1. The molecule has 0 bridgehead atoms. The van der Waals surface area contributed by atoms with E-state index >= 15 is 0 Å². The fourth-order valence-corrected chi connectivity index (χ4v) is 5.31. The number of rotatable bonds is 15. The summed E-state index contributed by atoms with van der Waals surface area (Å²) in [6, 6.07) is 27.8. The Labute approximate surface area is 271 Å². The number of nitrogens with one attached hydrogen (secondary N) is 2. The molecule has 47 heavy (non-hydrogen) atoms. The topological polar surface area (TPSA) is 150 Å². The van der Waals surface area contributed by atoms with Crippen LogP contribution in [0, 0.1) is 5.82 Å². The lowest BCUT2D eigenvalue weighted by Gasteiger charge is -2.31. The van der Waals surface area contributed by atoms with Crippen LogP contribution in [0.2, 0.25) is 0 Å². The Hall–Kier alpha value is -5.42. The van der Waals surface area contributed by atoms with Gasteiger partial charge >= 0.3 is 0 Å². The molecule has 0 fully saturated rings. The first-order valence-corrected chi connectivity index (χ1v) is 15.1. The summed E-state index contributed by atoms with van der Waals surface area (Å²) in [7, 11) is 1.56. The monoisotopic (exact) mass is 638 g/mol. The Morgan fingerprint density at radius 2 is 1.81 bits per heavy atom. The highest BCUT2D eigenvalue weighted by Gasteiger charge is 2.53. The van der Waals surface area contributed by atoms with E-state index < -0.39 is 17.6 Å². The molecule has 1 aliphatic heterocycles. The number of hydrogen-bond acceptors (Lipinski definition) is 8. The molecule has 0 spiro atoms. The predicted molar refractivity (Wildman–Crippen MR) is 174 cm³/mol. The van der Waals surface area contributed by atoms with E-state index in [0.717, 1.165) is 16.7 Å². The highest BCUT2D eigenvalue weighted by atomic mass is 19.1. The summed E-state index contributed by atoms with van der Waals surface area (Å²) in [5, 5.41) is 12.8. The predicted octanol–water partition coefficient (Wildman–Crippen LogP) is 5.73. The van der Waals surface area contributed by atoms with Crippen molar-refractivity contribution in [1.82, 2.24) is 10.9 Å². The molecular formula is C35H35FN6O5. The normalized spacial score (nSPS) is 16.8. The number of carbonyl (C=O) groups is 1. The molecule has 12 heteroatoms. The van der Waals surface area contributed by atoms with Gasteiger partial charge in [0.1, 0.15) is 17.3 Å². The zero-order chi connectivity index (χ0) is 33.1. The molecule has 1 aliphatic rings. The van der Waals surface area contributed by atoms with Crippen LogP contribution in [-0.2, 0) is 29.0 Å². The Kier molecular flexibility index (Phi) is 11.0. The van der Waals surface area contributed by atoms with Crippen LogP contribution >= 0.6 is 0 Å². The molecule has 0 aliphatic carbocycles. The third kappa shape index (κ3) is 8.06. The van der Waals surface area contributed by atoms with E-state index in [9.17, 15) is 9.18 Å². The van der Waals surface area contributed by atoms with Crippen molar-refractivity contribution in [3.63, 3.8) is 0 Å². The van der Waals surface area contributed by atoms with Gasteiger partial charge in [0.15, 0.2) is 11.6 Å². The van der Waals surface area contributed by atoms with Crippen molar-refractivity contribution < 1.29 is 28.5 Å². The number of nitrogens with zero attached hydrogens (tertiary/aromatic N) is 4. The van der Waals surface area contributed by atoms with Gasteiger partial charge in [0, 0.05) is 36.5 Å². The highest BCUT2D eigenvalue weighted by molar-refractivity contribution is 6.01. The number of carbonyl (C=O) groups excluding carboxylic acids is 1. The molecule has 2 atom stereocenters. The standard InChI is InChI=1S/C35H35FN6O5/c1-45-31-9-4-8-26(20-31)32-35(21-27-6-2-3-7-28(27)23-39-42-37,34(44)41-38-22-24-10-14-29(36)15-11-24)40-33(47-32)25-12-16-30(17-13-25)46-19-5-18-43/h2-4,6-17,20,32,38,43H,5,18-19,21-23H2,1H3,(H,41,44)/t32-,35-/m0/s1. The van der Waals surface area contributed by atoms with Gasteiger partial charge in [-0.2, -0.15) is 0 Å². The van der Waals surface area contributed by atoms with Crippen LogP contribution in [0.5, 0.6) is 11.5 Å². The number of methoxy groups -OCH3 is 1. The molecule has 3 N–H and O–H groups in total. The van der Waals surface area contributed by atoms with E-state index in [1.54, 1.807) is 55.6 Å². The van der Waals surface area contributed by atoms with Crippen LogP contribution in [0.4, 0.5) is 4.39 Å². The number of azide groups is 1. The maximum atomic E-state index is 14.5. The first kappa shape index (κ1) is 33.0. The van der Waals surface area contributed by atoms with Crippen LogP contribution in [0.25, 0.3) is 10.4 Å². The summed E-state index contributed by atoms with van der Waals surface area (Å²) in [5.41, 5.74) is 16.8. The van der Waals surface area contributed by atoms with E-state index in [0.29, 0.717) is 35.7 Å². The molecule has 0 saturated heterocycles. The molecule has 11 nitrogen and oxygen atoms in total. The highest BCUT2D eigenvalue weighted by Crippen LogP contribution is 2.43. The Balaban J connectivity index is 1.57. The number of hydrazine groups is 1. The van der Waals surface area contributed by atoms with Crippen LogP contribution in [0.1, 0.15) is 40.3 Å². The molecule has 0 unspecified atom stereocenters. The number of aliphatic imine (C=N–C) groups is 1. The lowest BCUT2D eigenvalue weighted by molar-refractivity contribution is -0.130. The molecular weight excluding hydrogens is 603 g/mol. The summed E-state index contributed by atoms with van der Waals surface area (Å²) < 4.78 is 31.2. The van der Waals surface area contributed by atoms with E-state index in [-0.39, 0.29) is 37.8 Å².